The van der Waals surface area contributed by atoms with Gasteiger partial charge in [-0.15, -0.1) is 11.3 Å². The molecule has 1 atom stereocenters. The number of carbonyl (C=O) groups is 3. The van der Waals surface area contributed by atoms with Gasteiger partial charge in [0.25, 0.3) is 5.91 Å². The molecule has 2 heterocycles. The molecular formula is C19H18FN3O3S. The number of nitrogens with zero attached hydrogens (tertiary/aromatic N) is 1. The second-order valence-corrected chi connectivity index (χ2v) is 7.74. The van der Waals surface area contributed by atoms with E-state index in [-0.39, 0.29) is 24.8 Å². The van der Waals surface area contributed by atoms with Gasteiger partial charge in [0, 0.05) is 17.0 Å². The topological polar surface area (TPSA) is 78.5 Å². The van der Waals surface area contributed by atoms with Crippen LogP contribution in [0.2, 0.25) is 0 Å². The first-order valence-electron chi connectivity index (χ1n) is 8.72. The lowest BCUT2D eigenvalue weighted by Gasteiger charge is -2.31. The van der Waals surface area contributed by atoms with E-state index in [1.165, 1.54) is 12.1 Å². The number of thiophene rings is 1. The van der Waals surface area contributed by atoms with Crippen molar-refractivity contribution in [2.45, 2.75) is 31.3 Å². The smallest absolute Gasteiger partial charge is 0.325 e. The number of aryl methyl sites for hydroxylation is 1. The molecule has 0 radical (unpaired) electrons. The van der Waals surface area contributed by atoms with E-state index < -0.39 is 17.5 Å². The van der Waals surface area contributed by atoms with Gasteiger partial charge in [-0.1, -0.05) is 12.1 Å². The van der Waals surface area contributed by atoms with Crippen LogP contribution in [0.1, 0.15) is 28.8 Å². The van der Waals surface area contributed by atoms with Gasteiger partial charge in [0.15, 0.2) is 0 Å². The van der Waals surface area contributed by atoms with E-state index in [4.69, 9.17) is 0 Å². The molecule has 2 aromatic rings. The first kappa shape index (κ1) is 17.7. The van der Waals surface area contributed by atoms with Gasteiger partial charge < -0.3 is 10.6 Å². The van der Waals surface area contributed by atoms with Crippen LogP contribution in [-0.2, 0) is 28.1 Å². The minimum Gasteiger partial charge on any atom is -0.350 e. The summed E-state index contributed by atoms with van der Waals surface area (Å²) in [6.45, 7) is -0.143. The van der Waals surface area contributed by atoms with Gasteiger partial charge in [-0.3, -0.25) is 14.5 Å². The number of imide groups is 1. The largest absolute Gasteiger partial charge is 0.350 e. The van der Waals surface area contributed by atoms with E-state index in [2.05, 4.69) is 10.6 Å². The van der Waals surface area contributed by atoms with Gasteiger partial charge in [0.05, 0.1) is 0 Å². The van der Waals surface area contributed by atoms with Crippen LogP contribution in [0.15, 0.2) is 35.7 Å². The highest BCUT2D eigenvalue weighted by atomic mass is 32.1. The number of halogens is 1. The molecule has 8 heteroatoms. The number of carbonyl (C=O) groups excluding carboxylic acids is 3. The number of amides is 4. The van der Waals surface area contributed by atoms with Crippen LogP contribution >= 0.6 is 11.3 Å². The Balaban J connectivity index is 1.44. The third-order valence-corrected chi connectivity index (χ3v) is 6.02. The zero-order valence-electron chi connectivity index (χ0n) is 14.5. The number of benzene rings is 1. The van der Waals surface area contributed by atoms with Crippen LogP contribution in [0.3, 0.4) is 0 Å². The summed E-state index contributed by atoms with van der Waals surface area (Å²) in [5.74, 6) is -1.17. The van der Waals surface area contributed by atoms with Crippen molar-refractivity contribution in [3.63, 3.8) is 0 Å². The van der Waals surface area contributed by atoms with Crippen LogP contribution in [-0.4, -0.2) is 29.3 Å². The second-order valence-electron chi connectivity index (χ2n) is 6.74. The lowest BCUT2D eigenvalue weighted by Crippen LogP contribution is -2.46. The van der Waals surface area contributed by atoms with Crippen molar-refractivity contribution in [3.8, 4) is 0 Å². The summed E-state index contributed by atoms with van der Waals surface area (Å²) < 4.78 is 12.9. The van der Waals surface area contributed by atoms with Crippen LogP contribution in [0.5, 0.6) is 0 Å². The molecule has 1 aliphatic carbocycles. The predicted octanol–water partition coefficient (Wildman–Crippen LogP) is 2.29. The number of rotatable bonds is 4. The van der Waals surface area contributed by atoms with E-state index in [9.17, 15) is 18.8 Å². The molecule has 1 aromatic carbocycles. The van der Waals surface area contributed by atoms with Crippen molar-refractivity contribution in [1.82, 2.24) is 15.5 Å². The van der Waals surface area contributed by atoms with Gasteiger partial charge in [0.2, 0.25) is 5.91 Å². The van der Waals surface area contributed by atoms with Crippen molar-refractivity contribution in [3.05, 3.63) is 57.5 Å². The quantitative estimate of drug-likeness (QED) is 0.790. The SMILES string of the molecule is O=C(CN1C(=O)N[C@]2(CCCc3sccc32)C1=O)NCc1ccc(F)cc1. The Morgan fingerprint density at radius 1 is 1.26 bits per heavy atom. The zero-order chi connectivity index (χ0) is 19.0. The van der Waals surface area contributed by atoms with Gasteiger partial charge >= 0.3 is 6.03 Å². The molecule has 1 fully saturated rings. The van der Waals surface area contributed by atoms with Crippen molar-refractivity contribution in [2.75, 3.05) is 6.54 Å². The Labute approximate surface area is 159 Å². The molecule has 1 aromatic heterocycles. The lowest BCUT2D eigenvalue weighted by molar-refractivity contribution is -0.135. The van der Waals surface area contributed by atoms with Crippen LogP contribution < -0.4 is 10.6 Å². The van der Waals surface area contributed by atoms with E-state index >= 15 is 0 Å². The van der Waals surface area contributed by atoms with Gasteiger partial charge in [-0.25, -0.2) is 9.18 Å². The Hall–Kier alpha value is -2.74. The highest BCUT2D eigenvalue weighted by molar-refractivity contribution is 7.10. The second kappa shape index (κ2) is 6.77. The van der Waals surface area contributed by atoms with E-state index in [0.717, 1.165) is 33.7 Å². The Morgan fingerprint density at radius 3 is 2.81 bits per heavy atom. The number of urea groups is 1. The lowest BCUT2D eigenvalue weighted by atomic mass is 9.80. The van der Waals surface area contributed by atoms with Crippen molar-refractivity contribution in [2.24, 2.45) is 0 Å². The first-order chi connectivity index (χ1) is 13.0. The normalized spacial score (nSPS) is 21.3. The third kappa shape index (κ3) is 3.10. The minimum absolute atomic E-state index is 0.197. The summed E-state index contributed by atoms with van der Waals surface area (Å²) in [7, 11) is 0. The zero-order valence-corrected chi connectivity index (χ0v) is 15.3. The molecule has 4 rings (SSSR count). The highest BCUT2D eigenvalue weighted by Crippen LogP contribution is 2.41. The molecule has 27 heavy (non-hydrogen) atoms. The third-order valence-electron chi connectivity index (χ3n) is 5.04. The summed E-state index contributed by atoms with van der Waals surface area (Å²) in [4.78, 5) is 39.8. The molecule has 140 valence electrons. The minimum atomic E-state index is -1.04. The molecule has 6 nitrogen and oxygen atoms in total. The number of fused-ring (bicyclic) bond motifs is 2. The summed E-state index contributed by atoms with van der Waals surface area (Å²) in [5.41, 5.74) is 0.543. The average molecular weight is 387 g/mol. The molecule has 2 N–H and O–H groups in total. The molecule has 1 aliphatic heterocycles. The molecular weight excluding hydrogens is 369 g/mol. The van der Waals surface area contributed by atoms with Crippen molar-refractivity contribution >= 4 is 29.2 Å². The molecule has 4 amide bonds. The van der Waals surface area contributed by atoms with Gasteiger partial charge in [0.1, 0.15) is 17.9 Å². The van der Waals surface area contributed by atoms with Crippen LogP contribution in [0.25, 0.3) is 0 Å². The Kier molecular flexibility index (Phi) is 4.43. The average Bonchev–Trinajstić information content (AvgIpc) is 3.22. The van der Waals surface area contributed by atoms with E-state index in [1.54, 1.807) is 23.5 Å². The van der Waals surface area contributed by atoms with Crippen LogP contribution in [0, 0.1) is 5.82 Å². The van der Waals surface area contributed by atoms with Gasteiger partial charge in [-0.05, 0) is 48.4 Å². The van der Waals surface area contributed by atoms with E-state index in [1.807, 2.05) is 11.4 Å². The summed E-state index contributed by atoms with van der Waals surface area (Å²) in [6.07, 6.45) is 2.25. The fourth-order valence-electron chi connectivity index (χ4n) is 3.69. The fraction of sp³-hybridized carbons (Fsp3) is 0.316. The predicted molar refractivity (Wildman–Crippen MR) is 97.4 cm³/mol. The maximum absolute atomic E-state index is 13.0. The monoisotopic (exact) mass is 387 g/mol. The molecule has 0 bridgehead atoms. The Bertz CT molecular complexity index is 911. The maximum Gasteiger partial charge on any atom is 0.325 e. The number of nitrogens with one attached hydrogen (secondary N) is 2. The number of hydrogen-bond acceptors (Lipinski definition) is 4. The number of hydrogen-bond donors (Lipinski definition) is 2. The standard InChI is InChI=1S/C19H18FN3O3S/c20-13-5-3-12(4-6-13)10-21-16(24)11-23-17(25)19(22-18(23)26)8-1-2-15-14(19)7-9-27-15/h3-7,9H,1-2,8,10-11H2,(H,21,24)(H,22,26)/t19-/m0/s1. The fourth-order valence-corrected chi connectivity index (χ4v) is 4.69. The molecule has 0 unspecified atom stereocenters. The van der Waals surface area contributed by atoms with Crippen molar-refractivity contribution in [1.29, 1.82) is 0 Å². The summed E-state index contributed by atoms with van der Waals surface area (Å²) in [5, 5.41) is 7.40. The maximum atomic E-state index is 13.0. The van der Waals surface area contributed by atoms with E-state index in [0.29, 0.717) is 6.42 Å². The van der Waals surface area contributed by atoms with Crippen LogP contribution in [0.4, 0.5) is 9.18 Å². The molecule has 0 saturated carbocycles. The summed E-state index contributed by atoms with van der Waals surface area (Å²) in [6, 6.07) is 7.09. The summed E-state index contributed by atoms with van der Waals surface area (Å²) >= 11 is 1.58. The highest BCUT2D eigenvalue weighted by Gasteiger charge is 2.54. The molecule has 1 spiro atoms. The van der Waals surface area contributed by atoms with Gasteiger partial charge in [-0.2, -0.15) is 0 Å². The Morgan fingerprint density at radius 2 is 2.04 bits per heavy atom. The molecule has 2 aliphatic rings. The molecule has 1 saturated heterocycles. The van der Waals surface area contributed by atoms with Crippen molar-refractivity contribution < 1.29 is 18.8 Å². The first-order valence-corrected chi connectivity index (χ1v) is 9.60.